The van der Waals surface area contributed by atoms with Gasteiger partial charge < -0.3 is 10.1 Å². The van der Waals surface area contributed by atoms with Gasteiger partial charge in [-0.1, -0.05) is 52.0 Å². The molecule has 2 aromatic rings. The highest BCUT2D eigenvalue weighted by molar-refractivity contribution is 5.83. The molecule has 2 N–H and O–H groups in total. The summed E-state index contributed by atoms with van der Waals surface area (Å²) < 4.78 is 6.37. The Bertz CT molecular complexity index is 1260. The average molecular weight is 558 g/mol. The number of amides is 2. The average Bonchev–Trinajstić information content (AvgIpc) is 2.86. The zero-order chi connectivity index (χ0) is 30.0. The molecule has 0 saturated heterocycles. The molecule has 0 bridgehead atoms. The standard InChI is InChI=1S/C27H37N5O6.C2H6/c1-17-13-21(14-19-9-7-6-8-10-19)24(32(36)37)25(34)31(17)16-23(33)28-15-20-11-12-22(29-18(20)2)30-26(35)38-27(3,4)5;1-2/h11-13,19H,6-10,14-16H2,1-5H3,(H,28,33)(H,29,30,35);1-2H3. The SMILES string of the molecule is CC.Cc1nc(NC(=O)OC(C)(C)C)ccc1CNC(=O)Cn1c(C)cc(CC2CCCCC2)c([N+](=O)[O-])c1=O. The Labute approximate surface area is 235 Å². The Morgan fingerprint density at radius 1 is 1.12 bits per heavy atom. The largest absolute Gasteiger partial charge is 0.444 e. The highest BCUT2D eigenvalue weighted by Crippen LogP contribution is 2.29. The number of carbonyl (C=O) groups is 2. The quantitative estimate of drug-likeness (QED) is 0.318. The van der Waals surface area contributed by atoms with Crippen LogP contribution < -0.4 is 16.2 Å². The Morgan fingerprint density at radius 2 is 1.77 bits per heavy atom. The van der Waals surface area contributed by atoms with Gasteiger partial charge in [0, 0.05) is 23.5 Å². The van der Waals surface area contributed by atoms with Crippen molar-refractivity contribution in [3.63, 3.8) is 0 Å². The summed E-state index contributed by atoms with van der Waals surface area (Å²) in [5, 5.41) is 17.1. The number of rotatable bonds is 8. The van der Waals surface area contributed by atoms with E-state index in [1.807, 2.05) is 13.8 Å². The van der Waals surface area contributed by atoms with E-state index in [0.717, 1.165) is 30.3 Å². The zero-order valence-corrected chi connectivity index (χ0v) is 24.8. The minimum atomic E-state index is -0.758. The molecule has 0 aliphatic heterocycles. The molecule has 1 saturated carbocycles. The number of nitro groups is 1. The molecule has 1 aliphatic carbocycles. The fourth-order valence-electron chi connectivity index (χ4n) is 4.72. The van der Waals surface area contributed by atoms with Crippen molar-refractivity contribution in [3.05, 3.63) is 61.2 Å². The normalized spacial score (nSPS) is 13.6. The highest BCUT2D eigenvalue weighted by atomic mass is 16.6. The molecule has 0 atom stereocenters. The number of hydrogen-bond donors (Lipinski definition) is 2. The van der Waals surface area contributed by atoms with Crippen LogP contribution >= 0.6 is 0 Å². The summed E-state index contributed by atoms with van der Waals surface area (Å²) in [5.74, 6) is 0.192. The van der Waals surface area contributed by atoms with E-state index < -0.39 is 33.8 Å². The molecule has 2 amide bonds. The molecule has 40 heavy (non-hydrogen) atoms. The van der Waals surface area contributed by atoms with Gasteiger partial charge >= 0.3 is 17.3 Å². The van der Waals surface area contributed by atoms with Crippen molar-refractivity contribution in [2.75, 3.05) is 5.32 Å². The third-order valence-electron chi connectivity index (χ3n) is 6.58. The summed E-state index contributed by atoms with van der Waals surface area (Å²) in [7, 11) is 0. The smallest absolute Gasteiger partial charge is 0.413 e. The molecular formula is C29H43N5O6. The summed E-state index contributed by atoms with van der Waals surface area (Å²) in [6.07, 6.45) is 5.29. The zero-order valence-electron chi connectivity index (χ0n) is 24.8. The van der Waals surface area contributed by atoms with Crippen LogP contribution in [0.2, 0.25) is 0 Å². The van der Waals surface area contributed by atoms with Crippen LogP contribution in [0.4, 0.5) is 16.3 Å². The van der Waals surface area contributed by atoms with Gasteiger partial charge in [0.25, 0.3) is 0 Å². The Morgan fingerprint density at radius 3 is 2.35 bits per heavy atom. The lowest BCUT2D eigenvalue weighted by Crippen LogP contribution is -2.34. The predicted octanol–water partition coefficient (Wildman–Crippen LogP) is 5.58. The molecule has 0 radical (unpaired) electrons. The fraction of sp³-hybridized carbons (Fsp3) is 0.586. The van der Waals surface area contributed by atoms with Gasteiger partial charge in [-0.3, -0.25) is 29.6 Å². The van der Waals surface area contributed by atoms with Crippen molar-refractivity contribution >= 4 is 23.5 Å². The molecule has 1 aliphatic rings. The number of anilines is 1. The second-order valence-corrected chi connectivity index (χ2v) is 10.9. The van der Waals surface area contributed by atoms with Crippen molar-refractivity contribution in [2.45, 2.75) is 106 Å². The maximum Gasteiger partial charge on any atom is 0.413 e. The van der Waals surface area contributed by atoms with Crippen molar-refractivity contribution in [1.82, 2.24) is 14.9 Å². The van der Waals surface area contributed by atoms with Crippen LogP contribution in [0.3, 0.4) is 0 Å². The molecule has 2 aromatic heterocycles. The number of aromatic nitrogens is 2. The van der Waals surface area contributed by atoms with Gasteiger partial charge in [-0.05, 0) is 64.7 Å². The van der Waals surface area contributed by atoms with E-state index in [4.69, 9.17) is 4.74 Å². The van der Waals surface area contributed by atoms with E-state index in [1.54, 1.807) is 52.8 Å². The summed E-state index contributed by atoms with van der Waals surface area (Å²) in [6, 6.07) is 4.99. The van der Waals surface area contributed by atoms with Crippen LogP contribution in [-0.2, 0) is 29.0 Å². The van der Waals surface area contributed by atoms with Crippen molar-refractivity contribution in [3.8, 4) is 0 Å². The molecule has 2 heterocycles. The summed E-state index contributed by atoms with van der Waals surface area (Å²) >= 11 is 0. The van der Waals surface area contributed by atoms with E-state index in [-0.39, 0.29) is 13.1 Å². The third kappa shape index (κ3) is 9.46. The topological polar surface area (TPSA) is 145 Å². The molecule has 11 nitrogen and oxygen atoms in total. The lowest BCUT2D eigenvalue weighted by molar-refractivity contribution is -0.387. The highest BCUT2D eigenvalue weighted by Gasteiger charge is 2.26. The number of hydrogen-bond acceptors (Lipinski definition) is 7. The van der Waals surface area contributed by atoms with Crippen LogP contribution in [0, 0.1) is 29.9 Å². The molecule has 0 spiro atoms. The molecule has 220 valence electrons. The predicted molar refractivity (Wildman–Crippen MR) is 154 cm³/mol. The van der Waals surface area contributed by atoms with Gasteiger partial charge in [-0.25, -0.2) is 9.78 Å². The van der Waals surface area contributed by atoms with Crippen LogP contribution in [0.5, 0.6) is 0 Å². The molecule has 0 aromatic carbocycles. The van der Waals surface area contributed by atoms with Gasteiger partial charge in [-0.2, -0.15) is 0 Å². The van der Waals surface area contributed by atoms with E-state index in [9.17, 15) is 24.5 Å². The summed E-state index contributed by atoms with van der Waals surface area (Å²) in [4.78, 5) is 53.2. The van der Waals surface area contributed by atoms with Crippen LogP contribution in [0.25, 0.3) is 0 Å². The lowest BCUT2D eigenvalue weighted by Gasteiger charge is -2.22. The third-order valence-corrected chi connectivity index (χ3v) is 6.58. The van der Waals surface area contributed by atoms with E-state index in [0.29, 0.717) is 40.7 Å². The maximum atomic E-state index is 13.1. The Hall–Kier alpha value is -3.76. The molecule has 0 unspecified atom stereocenters. The number of pyridine rings is 2. The minimum Gasteiger partial charge on any atom is -0.444 e. The monoisotopic (exact) mass is 557 g/mol. The van der Waals surface area contributed by atoms with E-state index >= 15 is 0 Å². The first-order chi connectivity index (χ1) is 18.8. The number of aryl methyl sites for hydroxylation is 2. The second kappa shape index (κ2) is 14.6. The molecule has 3 rings (SSSR count). The minimum absolute atomic E-state index is 0.139. The van der Waals surface area contributed by atoms with Crippen LogP contribution in [0.15, 0.2) is 23.0 Å². The molecule has 11 heteroatoms. The second-order valence-electron chi connectivity index (χ2n) is 10.9. The lowest BCUT2D eigenvalue weighted by atomic mass is 9.84. The van der Waals surface area contributed by atoms with Gasteiger partial charge in [0.15, 0.2) is 0 Å². The number of carbonyl (C=O) groups excluding carboxylic acids is 2. The van der Waals surface area contributed by atoms with Gasteiger partial charge in [0.1, 0.15) is 18.0 Å². The Kier molecular flexibility index (Phi) is 11.8. The molecular weight excluding hydrogens is 514 g/mol. The van der Waals surface area contributed by atoms with E-state index in [2.05, 4.69) is 15.6 Å². The molecule has 1 fully saturated rings. The first kappa shape index (κ1) is 32.5. The van der Waals surface area contributed by atoms with Crippen molar-refractivity contribution in [2.24, 2.45) is 5.92 Å². The van der Waals surface area contributed by atoms with Crippen molar-refractivity contribution in [1.29, 1.82) is 0 Å². The maximum absolute atomic E-state index is 13.1. The first-order valence-electron chi connectivity index (χ1n) is 13.9. The van der Waals surface area contributed by atoms with Crippen LogP contribution in [-0.4, -0.2) is 32.1 Å². The number of nitrogens with one attached hydrogen (secondary N) is 2. The first-order valence-corrected chi connectivity index (χ1v) is 13.9. The van der Waals surface area contributed by atoms with Crippen LogP contribution in [0.1, 0.15) is 89.2 Å². The van der Waals surface area contributed by atoms with Gasteiger partial charge in [0.2, 0.25) is 5.91 Å². The van der Waals surface area contributed by atoms with E-state index in [1.165, 1.54) is 6.42 Å². The van der Waals surface area contributed by atoms with Crippen molar-refractivity contribution < 1.29 is 19.2 Å². The van der Waals surface area contributed by atoms with Gasteiger partial charge in [0.05, 0.1) is 4.92 Å². The summed E-state index contributed by atoms with van der Waals surface area (Å²) in [5.41, 5.74) is 0.425. The number of ether oxygens (including phenoxy) is 1. The fourth-order valence-corrected chi connectivity index (χ4v) is 4.72. The number of nitrogens with zero attached hydrogens (tertiary/aromatic N) is 3. The Balaban J connectivity index is 0.00000274. The van der Waals surface area contributed by atoms with Gasteiger partial charge in [-0.15, -0.1) is 0 Å². The summed E-state index contributed by atoms with van der Waals surface area (Å²) in [6.45, 7) is 12.5.